The first-order valence-electron chi connectivity index (χ1n) is 8.93. The van der Waals surface area contributed by atoms with E-state index in [0.29, 0.717) is 22.5 Å². The van der Waals surface area contributed by atoms with E-state index in [1.165, 1.54) is 32.1 Å². The molecule has 5 nitrogen and oxygen atoms in total. The van der Waals surface area contributed by atoms with Gasteiger partial charge in [0.15, 0.2) is 0 Å². The van der Waals surface area contributed by atoms with E-state index in [-0.39, 0.29) is 5.91 Å². The second-order valence-corrected chi connectivity index (χ2v) is 10.3. The van der Waals surface area contributed by atoms with Crippen LogP contribution in [0.1, 0.15) is 39.0 Å². The number of thioether (sulfide) groups is 1. The van der Waals surface area contributed by atoms with Gasteiger partial charge < -0.3 is 5.32 Å². The Bertz CT molecular complexity index is 706. The van der Waals surface area contributed by atoms with Gasteiger partial charge >= 0.3 is 0 Å². The number of benzene rings is 1. The van der Waals surface area contributed by atoms with Crippen molar-refractivity contribution >= 4 is 45.0 Å². The Morgan fingerprint density at radius 2 is 2.04 bits per heavy atom. The summed E-state index contributed by atoms with van der Waals surface area (Å²) in [5, 5.41) is 3.98. The van der Waals surface area contributed by atoms with E-state index in [4.69, 9.17) is 11.6 Å². The summed E-state index contributed by atoms with van der Waals surface area (Å²) in [6.45, 7) is 2.13. The molecule has 0 radical (unpaired) electrons. The van der Waals surface area contributed by atoms with Gasteiger partial charge in [-0.15, -0.1) is 0 Å². The third-order valence-electron chi connectivity index (χ3n) is 4.46. The van der Waals surface area contributed by atoms with Crippen molar-refractivity contribution in [3.8, 4) is 0 Å². The summed E-state index contributed by atoms with van der Waals surface area (Å²) in [4.78, 5) is 12.5. The molecule has 0 spiro atoms. The van der Waals surface area contributed by atoms with Gasteiger partial charge in [0.25, 0.3) is 0 Å². The molecule has 2 rings (SSSR count). The predicted octanol–water partition coefficient (Wildman–Crippen LogP) is 3.68. The topological polar surface area (TPSA) is 66.5 Å². The first-order chi connectivity index (χ1) is 12.3. The Morgan fingerprint density at radius 3 is 2.65 bits per heavy atom. The molecule has 0 bridgehead atoms. The molecule has 1 amide bonds. The number of halogens is 1. The lowest BCUT2D eigenvalue weighted by Crippen LogP contribution is -2.48. The number of carbonyl (C=O) groups is 1. The maximum atomic E-state index is 12.5. The zero-order chi connectivity index (χ0) is 19.2. The molecule has 1 aliphatic carbocycles. The number of hydrogen-bond donors (Lipinski definition) is 1. The van der Waals surface area contributed by atoms with Crippen molar-refractivity contribution in [3.05, 3.63) is 29.3 Å². The van der Waals surface area contributed by atoms with Crippen LogP contribution >= 0.6 is 23.4 Å². The minimum absolute atomic E-state index is 0.306. The molecular formula is C18H27ClN2O3S2. The molecule has 1 fully saturated rings. The molecular weight excluding hydrogens is 392 g/mol. The number of hydrogen-bond acceptors (Lipinski definition) is 4. The molecule has 26 heavy (non-hydrogen) atoms. The number of nitrogens with zero attached hydrogens (tertiary/aromatic N) is 1. The molecule has 1 N–H and O–H groups in total. The van der Waals surface area contributed by atoms with Gasteiger partial charge in [-0.3, -0.25) is 9.10 Å². The lowest BCUT2D eigenvalue weighted by atomic mass is 10.0. The summed E-state index contributed by atoms with van der Waals surface area (Å²) in [5.41, 5.74) is 0.388. The zero-order valence-electron chi connectivity index (χ0n) is 15.3. The van der Waals surface area contributed by atoms with Gasteiger partial charge in [0.2, 0.25) is 15.9 Å². The quantitative estimate of drug-likeness (QED) is 0.654. The van der Waals surface area contributed by atoms with Crippen LogP contribution in [0.4, 0.5) is 5.69 Å². The van der Waals surface area contributed by atoms with Crippen molar-refractivity contribution in [2.75, 3.05) is 22.9 Å². The Labute approximate surface area is 165 Å². The van der Waals surface area contributed by atoms with Crippen LogP contribution in [0, 0.1) is 0 Å². The van der Waals surface area contributed by atoms with Gasteiger partial charge in [0.05, 0.1) is 11.9 Å². The molecule has 0 aliphatic heterocycles. The van der Waals surface area contributed by atoms with E-state index >= 15 is 0 Å². The Morgan fingerprint density at radius 1 is 1.35 bits per heavy atom. The molecule has 146 valence electrons. The Balaban J connectivity index is 1.92. The van der Waals surface area contributed by atoms with Crippen LogP contribution in [0.15, 0.2) is 24.3 Å². The van der Waals surface area contributed by atoms with Crippen molar-refractivity contribution in [1.82, 2.24) is 5.32 Å². The molecule has 8 heteroatoms. The van der Waals surface area contributed by atoms with Crippen LogP contribution in [0.2, 0.25) is 5.02 Å². The van der Waals surface area contributed by atoms with Crippen molar-refractivity contribution in [3.63, 3.8) is 0 Å². The lowest BCUT2D eigenvalue weighted by molar-refractivity contribution is -0.121. The van der Waals surface area contributed by atoms with Crippen LogP contribution in [0.3, 0.4) is 0 Å². The van der Waals surface area contributed by atoms with Crippen LogP contribution in [0.5, 0.6) is 0 Å². The Kier molecular flexibility index (Phi) is 8.10. The van der Waals surface area contributed by atoms with Crippen LogP contribution in [-0.2, 0) is 14.8 Å². The molecule has 0 aromatic heterocycles. The van der Waals surface area contributed by atoms with Crippen molar-refractivity contribution in [1.29, 1.82) is 0 Å². The minimum Gasteiger partial charge on any atom is -0.353 e. The van der Waals surface area contributed by atoms with Crippen LogP contribution in [0.25, 0.3) is 0 Å². The monoisotopic (exact) mass is 418 g/mol. The van der Waals surface area contributed by atoms with Crippen LogP contribution < -0.4 is 9.62 Å². The molecule has 1 atom stereocenters. The van der Waals surface area contributed by atoms with Crippen molar-refractivity contribution in [2.45, 2.75) is 50.3 Å². The van der Waals surface area contributed by atoms with E-state index in [1.54, 1.807) is 31.2 Å². The van der Waals surface area contributed by atoms with Gasteiger partial charge in [-0.05, 0) is 38.0 Å². The van der Waals surface area contributed by atoms with E-state index in [9.17, 15) is 13.2 Å². The lowest BCUT2D eigenvalue weighted by Gasteiger charge is -2.28. The smallest absolute Gasteiger partial charge is 0.243 e. The number of sulfonamides is 1. The minimum atomic E-state index is -3.62. The van der Waals surface area contributed by atoms with Gasteiger partial charge in [-0.1, -0.05) is 36.9 Å². The number of nitrogens with one attached hydrogen (secondary N) is 1. The number of amides is 1. The van der Waals surface area contributed by atoms with E-state index in [2.05, 4.69) is 5.32 Å². The zero-order valence-corrected chi connectivity index (χ0v) is 17.7. The van der Waals surface area contributed by atoms with E-state index < -0.39 is 16.1 Å². The number of anilines is 1. The molecule has 0 saturated heterocycles. The van der Waals surface area contributed by atoms with Gasteiger partial charge in [-0.25, -0.2) is 8.42 Å². The first-order valence-corrected chi connectivity index (χ1v) is 12.2. The largest absolute Gasteiger partial charge is 0.353 e. The van der Waals surface area contributed by atoms with E-state index in [0.717, 1.165) is 16.3 Å². The molecule has 1 aromatic carbocycles. The summed E-state index contributed by atoms with van der Waals surface area (Å²) < 4.78 is 25.6. The van der Waals surface area contributed by atoms with Crippen molar-refractivity contribution < 1.29 is 13.2 Å². The molecule has 1 saturated carbocycles. The third kappa shape index (κ3) is 6.35. The average molecular weight is 419 g/mol. The molecule has 0 unspecified atom stereocenters. The number of carbonyl (C=O) groups excluding carboxylic acids is 1. The van der Waals surface area contributed by atoms with Gasteiger partial charge in [-0.2, -0.15) is 11.8 Å². The Hall–Kier alpha value is -0.920. The van der Waals surface area contributed by atoms with E-state index in [1.807, 2.05) is 11.8 Å². The first kappa shape index (κ1) is 21.4. The highest BCUT2D eigenvalue weighted by atomic mass is 35.5. The molecule has 0 heterocycles. The molecule has 1 aromatic rings. The predicted molar refractivity (Wildman–Crippen MR) is 111 cm³/mol. The van der Waals surface area contributed by atoms with Gasteiger partial charge in [0, 0.05) is 22.6 Å². The highest BCUT2D eigenvalue weighted by molar-refractivity contribution is 7.99. The third-order valence-corrected chi connectivity index (χ3v) is 7.32. The highest BCUT2D eigenvalue weighted by Gasteiger charge is 2.29. The summed E-state index contributed by atoms with van der Waals surface area (Å²) in [6.07, 6.45) is 7.53. The SMILES string of the molecule is C[C@H](C(=O)NCCSC1CCCCC1)N(c1cccc(Cl)c1)S(C)(=O)=O. The average Bonchev–Trinajstić information content (AvgIpc) is 2.58. The normalized spacial score (nSPS) is 16.9. The van der Waals surface area contributed by atoms with Crippen LogP contribution in [-0.4, -0.2) is 44.2 Å². The maximum absolute atomic E-state index is 12.5. The second kappa shape index (κ2) is 9.85. The fraction of sp³-hybridized carbons (Fsp3) is 0.611. The summed E-state index contributed by atoms with van der Waals surface area (Å²) >= 11 is 7.87. The second-order valence-electron chi connectivity index (χ2n) is 6.64. The number of rotatable bonds is 8. The standard InChI is InChI=1S/C18H27ClN2O3S2/c1-14(18(22)20-11-12-25-17-9-4-3-5-10-17)21(26(2,23)24)16-8-6-7-15(19)13-16/h6-8,13-14,17H,3-5,9-12H2,1-2H3,(H,20,22)/t14-/m1/s1. The summed E-state index contributed by atoms with van der Waals surface area (Å²) in [5.74, 6) is 0.541. The summed E-state index contributed by atoms with van der Waals surface area (Å²) in [6, 6.07) is 5.67. The highest BCUT2D eigenvalue weighted by Crippen LogP contribution is 2.28. The van der Waals surface area contributed by atoms with Crippen molar-refractivity contribution in [2.24, 2.45) is 0 Å². The fourth-order valence-electron chi connectivity index (χ4n) is 3.20. The van der Waals surface area contributed by atoms with Gasteiger partial charge in [0.1, 0.15) is 6.04 Å². The fourth-order valence-corrected chi connectivity index (χ4v) is 5.77. The maximum Gasteiger partial charge on any atom is 0.243 e. The summed E-state index contributed by atoms with van der Waals surface area (Å²) in [7, 11) is -3.62. The molecule has 1 aliphatic rings.